The lowest BCUT2D eigenvalue weighted by Gasteiger charge is -2.08. The fraction of sp³-hybridized carbons (Fsp3) is 0.267. The minimum atomic E-state index is 0.673. The Morgan fingerprint density at radius 3 is 2.80 bits per heavy atom. The van der Waals surface area contributed by atoms with Crippen LogP contribution < -0.4 is 5.32 Å². The predicted molar refractivity (Wildman–Crippen MR) is 76.1 cm³/mol. The Balaban J connectivity index is 1.77. The molecule has 2 heterocycles. The van der Waals surface area contributed by atoms with Crippen LogP contribution in [0.5, 0.6) is 0 Å². The van der Waals surface area contributed by atoms with Gasteiger partial charge >= 0.3 is 0 Å². The van der Waals surface area contributed by atoms with Crippen molar-refractivity contribution in [2.24, 2.45) is 0 Å². The van der Waals surface area contributed by atoms with Gasteiger partial charge in [0, 0.05) is 29.9 Å². The summed E-state index contributed by atoms with van der Waals surface area (Å²) in [6.07, 6.45) is 4.53. The van der Waals surface area contributed by atoms with Crippen LogP contribution in [0, 0.1) is 0 Å². The molecule has 1 aromatic carbocycles. The van der Waals surface area contributed by atoms with Gasteiger partial charge in [-0.25, -0.2) is 0 Å². The summed E-state index contributed by atoms with van der Waals surface area (Å²) in [4.78, 5) is 0. The Bertz CT molecular complexity index is 730. The largest absolute Gasteiger partial charge is 0.310 e. The van der Waals surface area contributed by atoms with Crippen molar-refractivity contribution in [1.29, 1.82) is 0 Å². The maximum Gasteiger partial charge on any atom is 0.183 e. The van der Waals surface area contributed by atoms with Crippen LogP contribution in [0.4, 0.5) is 0 Å². The summed E-state index contributed by atoms with van der Waals surface area (Å²) in [6, 6.07) is 13.2. The Kier molecular flexibility index (Phi) is 2.70. The molecule has 1 aliphatic carbocycles. The molecule has 0 saturated heterocycles. The maximum atomic E-state index is 4.11. The Hall–Kier alpha value is -2.27. The molecule has 5 nitrogen and oxygen atoms in total. The quantitative estimate of drug-likeness (QED) is 0.784. The summed E-state index contributed by atoms with van der Waals surface area (Å²) in [7, 11) is 0. The number of tetrazole rings is 1. The van der Waals surface area contributed by atoms with Crippen LogP contribution >= 0.6 is 0 Å². The highest BCUT2D eigenvalue weighted by molar-refractivity contribution is 5.66. The molecule has 2 aromatic heterocycles. The number of hydrogen-bond donors (Lipinski definition) is 1. The van der Waals surface area contributed by atoms with Crippen LogP contribution in [0.25, 0.3) is 16.8 Å². The number of pyridine rings is 1. The van der Waals surface area contributed by atoms with Gasteiger partial charge in [-0.2, -0.15) is 4.52 Å². The van der Waals surface area contributed by atoms with E-state index >= 15 is 0 Å². The van der Waals surface area contributed by atoms with Crippen LogP contribution in [-0.2, 0) is 6.54 Å². The van der Waals surface area contributed by atoms with E-state index in [-0.39, 0.29) is 0 Å². The predicted octanol–water partition coefficient (Wildman–Crippen LogP) is 2.04. The van der Waals surface area contributed by atoms with Crippen molar-refractivity contribution in [1.82, 2.24) is 25.4 Å². The molecule has 1 saturated carbocycles. The summed E-state index contributed by atoms with van der Waals surface area (Å²) < 4.78 is 1.76. The molecule has 1 N–H and O–H groups in total. The molecule has 0 unspecified atom stereocenters. The van der Waals surface area contributed by atoms with E-state index in [9.17, 15) is 0 Å². The first kappa shape index (κ1) is 11.5. The first-order valence-corrected chi connectivity index (χ1v) is 6.89. The van der Waals surface area contributed by atoms with E-state index in [2.05, 4.69) is 39.0 Å². The van der Waals surface area contributed by atoms with Crippen LogP contribution in [-0.4, -0.2) is 26.1 Å². The summed E-state index contributed by atoms with van der Waals surface area (Å²) in [6.45, 7) is 0.815. The normalized spacial score (nSPS) is 14.8. The third kappa shape index (κ3) is 2.16. The number of nitrogens with one attached hydrogen (secondary N) is 1. The Labute approximate surface area is 116 Å². The van der Waals surface area contributed by atoms with Gasteiger partial charge in [0.2, 0.25) is 0 Å². The topological polar surface area (TPSA) is 55.1 Å². The van der Waals surface area contributed by atoms with Gasteiger partial charge in [0.1, 0.15) is 0 Å². The lowest BCUT2D eigenvalue weighted by Crippen LogP contribution is -2.16. The zero-order valence-corrected chi connectivity index (χ0v) is 11.0. The highest BCUT2D eigenvalue weighted by Crippen LogP contribution is 2.23. The van der Waals surface area contributed by atoms with E-state index in [4.69, 9.17) is 0 Å². The van der Waals surface area contributed by atoms with Crippen molar-refractivity contribution >= 4 is 5.65 Å². The zero-order valence-electron chi connectivity index (χ0n) is 11.0. The van der Waals surface area contributed by atoms with Crippen molar-refractivity contribution in [3.63, 3.8) is 0 Å². The number of rotatable bonds is 4. The van der Waals surface area contributed by atoms with Gasteiger partial charge < -0.3 is 5.32 Å². The maximum absolute atomic E-state index is 4.11. The van der Waals surface area contributed by atoms with Gasteiger partial charge in [-0.05, 0) is 34.9 Å². The first-order chi connectivity index (χ1) is 9.90. The monoisotopic (exact) mass is 265 g/mol. The van der Waals surface area contributed by atoms with Crippen molar-refractivity contribution in [3.05, 3.63) is 48.2 Å². The fourth-order valence-electron chi connectivity index (χ4n) is 2.37. The minimum absolute atomic E-state index is 0.673. The second kappa shape index (κ2) is 4.68. The van der Waals surface area contributed by atoms with E-state index in [1.165, 1.54) is 18.4 Å². The van der Waals surface area contributed by atoms with Crippen molar-refractivity contribution in [2.45, 2.75) is 25.4 Å². The third-order valence-electron chi connectivity index (χ3n) is 3.64. The molecule has 1 aliphatic rings. The molecule has 0 amide bonds. The molecule has 4 rings (SSSR count). The Morgan fingerprint density at radius 1 is 1.15 bits per heavy atom. The smallest absolute Gasteiger partial charge is 0.183 e. The van der Waals surface area contributed by atoms with E-state index in [1.54, 1.807) is 4.52 Å². The summed E-state index contributed by atoms with van der Waals surface area (Å²) >= 11 is 0. The molecule has 5 heteroatoms. The molecule has 0 spiro atoms. The molecule has 0 atom stereocenters. The SMILES string of the molecule is c1ccc(-c2cc(CNC3CC3)c3nnnn3c2)cc1. The number of benzene rings is 1. The zero-order chi connectivity index (χ0) is 13.4. The van der Waals surface area contributed by atoms with Gasteiger partial charge in [-0.1, -0.05) is 30.3 Å². The van der Waals surface area contributed by atoms with Gasteiger partial charge in [0.25, 0.3) is 0 Å². The van der Waals surface area contributed by atoms with Crippen LogP contribution in [0.15, 0.2) is 42.6 Å². The molecule has 1 fully saturated rings. The molecule has 20 heavy (non-hydrogen) atoms. The second-order valence-corrected chi connectivity index (χ2v) is 5.22. The number of hydrogen-bond acceptors (Lipinski definition) is 4. The molecule has 100 valence electrons. The van der Waals surface area contributed by atoms with E-state index in [1.807, 2.05) is 24.4 Å². The summed E-state index contributed by atoms with van der Waals surface area (Å²) in [5.74, 6) is 0. The number of nitrogens with zero attached hydrogens (tertiary/aromatic N) is 4. The lowest BCUT2D eigenvalue weighted by molar-refractivity contribution is 0.687. The highest BCUT2D eigenvalue weighted by Gasteiger charge is 2.21. The summed E-state index contributed by atoms with van der Waals surface area (Å²) in [5.41, 5.74) is 4.29. The molecule has 0 bridgehead atoms. The van der Waals surface area contributed by atoms with Gasteiger partial charge in [0.15, 0.2) is 5.65 Å². The number of fused-ring (bicyclic) bond motifs is 1. The molecular weight excluding hydrogens is 250 g/mol. The van der Waals surface area contributed by atoms with Crippen molar-refractivity contribution in [3.8, 4) is 11.1 Å². The average Bonchev–Trinajstić information content (AvgIpc) is 3.21. The minimum Gasteiger partial charge on any atom is -0.310 e. The first-order valence-electron chi connectivity index (χ1n) is 6.89. The van der Waals surface area contributed by atoms with Gasteiger partial charge in [0.05, 0.1) is 0 Å². The Morgan fingerprint density at radius 2 is 2.00 bits per heavy atom. The molecule has 0 radical (unpaired) electrons. The summed E-state index contributed by atoms with van der Waals surface area (Å²) in [5, 5.41) is 15.4. The fourth-order valence-corrected chi connectivity index (χ4v) is 2.37. The highest BCUT2D eigenvalue weighted by atomic mass is 15.5. The van der Waals surface area contributed by atoms with Crippen molar-refractivity contribution in [2.75, 3.05) is 0 Å². The van der Waals surface area contributed by atoms with Crippen LogP contribution in [0.1, 0.15) is 18.4 Å². The van der Waals surface area contributed by atoms with E-state index in [0.29, 0.717) is 6.04 Å². The second-order valence-electron chi connectivity index (χ2n) is 5.22. The van der Waals surface area contributed by atoms with Gasteiger partial charge in [-0.15, -0.1) is 5.10 Å². The molecule has 3 aromatic rings. The van der Waals surface area contributed by atoms with Gasteiger partial charge in [-0.3, -0.25) is 0 Å². The number of aromatic nitrogens is 4. The molecule has 0 aliphatic heterocycles. The average molecular weight is 265 g/mol. The molecular formula is C15H15N5. The van der Waals surface area contributed by atoms with E-state index < -0.39 is 0 Å². The van der Waals surface area contributed by atoms with Crippen molar-refractivity contribution < 1.29 is 0 Å². The lowest BCUT2D eigenvalue weighted by atomic mass is 10.1. The van der Waals surface area contributed by atoms with Crippen LogP contribution in [0.2, 0.25) is 0 Å². The van der Waals surface area contributed by atoms with Crippen LogP contribution in [0.3, 0.4) is 0 Å². The standard InChI is InChI=1S/C15H15N5/c1-2-4-11(5-3-1)13-8-12(9-16-14-6-7-14)15-17-18-19-20(15)10-13/h1-5,8,10,14,16H,6-7,9H2. The van der Waals surface area contributed by atoms with E-state index in [0.717, 1.165) is 23.3 Å². The third-order valence-corrected chi connectivity index (χ3v) is 3.64.